The SMILES string of the molecule is CN(C)CCc1cccc2c1CNC2. The Morgan fingerprint density at radius 2 is 2.14 bits per heavy atom. The summed E-state index contributed by atoms with van der Waals surface area (Å²) in [5, 5.41) is 3.40. The zero-order chi connectivity index (χ0) is 9.97. The second kappa shape index (κ2) is 4.11. The summed E-state index contributed by atoms with van der Waals surface area (Å²) >= 11 is 0. The molecule has 2 rings (SSSR count). The van der Waals surface area contributed by atoms with Crippen molar-refractivity contribution in [2.45, 2.75) is 19.5 Å². The quantitative estimate of drug-likeness (QED) is 0.775. The molecule has 0 radical (unpaired) electrons. The predicted molar refractivity (Wildman–Crippen MR) is 59.2 cm³/mol. The smallest absolute Gasteiger partial charge is 0.0214 e. The molecule has 1 N–H and O–H groups in total. The molecule has 0 aliphatic carbocycles. The van der Waals surface area contributed by atoms with Crippen molar-refractivity contribution in [2.24, 2.45) is 0 Å². The molecule has 76 valence electrons. The van der Waals surface area contributed by atoms with Crippen LogP contribution in [0.2, 0.25) is 0 Å². The van der Waals surface area contributed by atoms with Gasteiger partial charge in [-0.1, -0.05) is 18.2 Å². The van der Waals surface area contributed by atoms with Crippen LogP contribution in [0.4, 0.5) is 0 Å². The van der Waals surface area contributed by atoms with Gasteiger partial charge >= 0.3 is 0 Å². The van der Waals surface area contributed by atoms with Gasteiger partial charge < -0.3 is 10.2 Å². The Bertz CT molecular complexity index is 318. The summed E-state index contributed by atoms with van der Waals surface area (Å²) in [6.07, 6.45) is 1.16. The third-order valence-corrected chi connectivity index (χ3v) is 2.82. The van der Waals surface area contributed by atoms with Crippen molar-refractivity contribution in [3.05, 3.63) is 34.9 Å². The minimum absolute atomic E-state index is 1.05. The molecule has 1 heterocycles. The van der Waals surface area contributed by atoms with Crippen LogP contribution in [-0.2, 0) is 19.5 Å². The summed E-state index contributed by atoms with van der Waals surface area (Å²) in [5.41, 5.74) is 4.54. The Hall–Kier alpha value is -0.860. The van der Waals surface area contributed by atoms with Gasteiger partial charge in [-0.25, -0.2) is 0 Å². The van der Waals surface area contributed by atoms with E-state index in [0.29, 0.717) is 0 Å². The number of fused-ring (bicyclic) bond motifs is 1. The maximum atomic E-state index is 3.40. The molecule has 0 atom stereocenters. The van der Waals surface area contributed by atoms with E-state index >= 15 is 0 Å². The van der Waals surface area contributed by atoms with Crippen LogP contribution in [0.15, 0.2) is 18.2 Å². The number of nitrogens with one attached hydrogen (secondary N) is 1. The monoisotopic (exact) mass is 190 g/mol. The summed E-state index contributed by atoms with van der Waals surface area (Å²) in [7, 11) is 4.25. The van der Waals surface area contributed by atoms with Crippen LogP contribution in [-0.4, -0.2) is 25.5 Å². The van der Waals surface area contributed by atoms with Crippen molar-refractivity contribution >= 4 is 0 Å². The van der Waals surface area contributed by atoms with E-state index in [1.54, 1.807) is 0 Å². The van der Waals surface area contributed by atoms with Crippen LogP contribution in [0.3, 0.4) is 0 Å². The minimum Gasteiger partial charge on any atom is -0.309 e. The Morgan fingerprint density at radius 3 is 2.93 bits per heavy atom. The molecule has 2 nitrogen and oxygen atoms in total. The molecule has 14 heavy (non-hydrogen) atoms. The van der Waals surface area contributed by atoms with Gasteiger partial charge in [0.25, 0.3) is 0 Å². The number of benzene rings is 1. The largest absolute Gasteiger partial charge is 0.309 e. The van der Waals surface area contributed by atoms with E-state index in [1.165, 1.54) is 16.7 Å². The highest BCUT2D eigenvalue weighted by Crippen LogP contribution is 2.20. The lowest BCUT2D eigenvalue weighted by Crippen LogP contribution is -2.15. The first kappa shape index (κ1) is 9.69. The average Bonchev–Trinajstić information content (AvgIpc) is 2.62. The summed E-state index contributed by atoms with van der Waals surface area (Å²) in [6, 6.07) is 6.67. The van der Waals surface area contributed by atoms with Gasteiger partial charge in [-0.2, -0.15) is 0 Å². The van der Waals surface area contributed by atoms with Crippen LogP contribution in [0.1, 0.15) is 16.7 Å². The Kier molecular flexibility index (Phi) is 2.85. The third-order valence-electron chi connectivity index (χ3n) is 2.82. The van der Waals surface area contributed by atoms with Crippen molar-refractivity contribution in [1.82, 2.24) is 10.2 Å². The van der Waals surface area contributed by atoms with E-state index in [2.05, 4.69) is 42.5 Å². The number of hydrogen-bond acceptors (Lipinski definition) is 2. The molecule has 0 amide bonds. The zero-order valence-corrected chi connectivity index (χ0v) is 9.01. The molecule has 0 saturated carbocycles. The van der Waals surface area contributed by atoms with E-state index < -0.39 is 0 Å². The third kappa shape index (κ3) is 1.97. The summed E-state index contributed by atoms with van der Waals surface area (Å²) in [6.45, 7) is 3.24. The fraction of sp³-hybridized carbons (Fsp3) is 0.500. The molecule has 1 aliphatic heterocycles. The van der Waals surface area contributed by atoms with E-state index in [9.17, 15) is 0 Å². The summed E-state index contributed by atoms with van der Waals surface area (Å²) in [5.74, 6) is 0. The minimum atomic E-state index is 1.05. The van der Waals surface area contributed by atoms with Crippen molar-refractivity contribution < 1.29 is 0 Å². The van der Waals surface area contributed by atoms with Gasteiger partial charge in [-0.15, -0.1) is 0 Å². The van der Waals surface area contributed by atoms with Crippen LogP contribution in [0, 0.1) is 0 Å². The normalized spacial score (nSPS) is 14.8. The lowest BCUT2D eigenvalue weighted by atomic mass is 10.0. The summed E-state index contributed by atoms with van der Waals surface area (Å²) < 4.78 is 0. The Labute approximate surface area is 85.9 Å². The van der Waals surface area contributed by atoms with E-state index in [0.717, 1.165) is 26.1 Å². The van der Waals surface area contributed by atoms with Gasteiger partial charge in [0, 0.05) is 19.6 Å². The number of likely N-dealkylation sites (N-methyl/N-ethyl adjacent to an activating group) is 1. The highest BCUT2D eigenvalue weighted by molar-refractivity contribution is 5.37. The Balaban J connectivity index is 2.14. The molecular weight excluding hydrogens is 172 g/mol. The fourth-order valence-electron chi connectivity index (χ4n) is 1.98. The molecule has 0 unspecified atom stereocenters. The van der Waals surface area contributed by atoms with Gasteiger partial charge in [-0.3, -0.25) is 0 Å². The highest BCUT2D eigenvalue weighted by atomic mass is 15.0. The molecule has 1 aromatic rings. The molecule has 2 heteroatoms. The van der Waals surface area contributed by atoms with Gasteiger partial charge in [-0.05, 0) is 37.2 Å². The van der Waals surface area contributed by atoms with Gasteiger partial charge in [0.05, 0.1) is 0 Å². The van der Waals surface area contributed by atoms with Crippen molar-refractivity contribution in [3.63, 3.8) is 0 Å². The van der Waals surface area contributed by atoms with Crippen LogP contribution >= 0.6 is 0 Å². The van der Waals surface area contributed by atoms with Crippen LogP contribution in [0.5, 0.6) is 0 Å². The second-order valence-electron chi connectivity index (χ2n) is 4.21. The first-order valence-corrected chi connectivity index (χ1v) is 5.22. The lowest BCUT2D eigenvalue weighted by Gasteiger charge is -2.11. The van der Waals surface area contributed by atoms with Gasteiger partial charge in [0.2, 0.25) is 0 Å². The maximum Gasteiger partial charge on any atom is 0.0214 e. The molecular formula is C12H18N2. The number of rotatable bonds is 3. The summed E-state index contributed by atoms with van der Waals surface area (Å²) in [4.78, 5) is 2.24. The van der Waals surface area contributed by atoms with Crippen molar-refractivity contribution in [1.29, 1.82) is 0 Å². The number of hydrogen-bond donors (Lipinski definition) is 1. The van der Waals surface area contributed by atoms with E-state index in [-0.39, 0.29) is 0 Å². The first-order chi connectivity index (χ1) is 6.77. The van der Waals surface area contributed by atoms with Gasteiger partial charge in [0.1, 0.15) is 0 Å². The predicted octanol–water partition coefficient (Wildman–Crippen LogP) is 1.39. The highest BCUT2D eigenvalue weighted by Gasteiger charge is 2.12. The topological polar surface area (TPSA) is 15.3 Å². The maximum absolute atomic E-state index is 3.40. The molecule has 0 fully saturated rings. The number of nitrogens with zero attached hydrogens (tertiary/aromatic N) is 1. The van der Waals surface area contributed by atoms with Crippen LogP contribution in [0.25, 0.3) is 0 Å². The standard InChI is InChI=1S/C12H18N2/c1-14(2)7-6-10-4-3-5-11-8-13-9-12(10)11/h3-5,13H,6-9H2,1-2H3. The average molecular weight is 190 g/mol. The molecule has 1 aliphatic rings. The molecule has 0 aromatic heterocycles. The molecule has 0 spiro atoms. The van der Waals surface area contributed by atoms with Crippen LogP contribution < -0.4 is 5.32 Å². The van der Waals surface area contributed by atoms with E-state index in [1.807, 2.05) is 0 Å². The Morgan fingerprint density at radius 1 is 1.29 bits per heavy atom. The zero-order valence-electron chi connectivity index (χ0n) is 9.01. The van der Waals surface area contributed by atoms with Crippen molar-refractivity contribution in [2.75, 3.05) is 20.6 Å². The second-order valence-corrected chi connectivity index (χ2v) is 4.21. The first-order valence-electron chi connectivity index (χ1n) is 5.22. The fourth-order valence-corrected chi connectivity index (χ4v) is 1.98. The van der Waals surface area contributed by atoms with Gasteiger partial charge in [0.15, 0.2) is 0 Å². The lowest BCUT2D eigenvalue weighted by molar-refractivity contribution is 0.413. The molecule has 0 saturated heterocycles. The molecule has 0 bridgehead atoms. The van der Waals surface area contributed by atoms with E-state index in [4.69, 9.17) is 0 Å². The molecule has 1 aromatic carbocycles. The van der Waals surface area contributed by atoms with Crippen molar-refractivity contribution in [3.8, 4) is 0 Å².